The molecule has 1 aromatic rings. The zero-order valence-corrected chi connectivity index (χ0v) is 11.0. The van der Waals surface area contributed by atoms with E-state index in [0.717, 1.165) is 11.3 Å². The van der Waals surface area contributed by atoms with E-state index in [1.54, 1.807) is 7.11 Å². The highest BCUT2D eigenvalue weighted by atomic mass is 16.5. The van der Waals surface area contributed by atoms with Crippen LogP contribution in [0.2, 0.25) is 0 Å². The molecular formula is C14H19NO3. The molecular weight excluding hydrogens is 230 g/mol. The molecule has 0 aromatic heterocycles. The summed E-state index contributed by atoms with van der Waals surface area (Å²) < 4.78 is 11.2. The lowest BCUT2D eigenvalue weighted by atomic mass is 9.89. The normalized spacial score (nSPS) is 26.1. The molecule has 4 nitrogen and oxygen atoms in total. The summed E-state index contributed by atoms with van der Waals surface area (Å²) in [5.41, 5.74) is 0.622. The standard InChI is InChI=1S/C14H19NO3/c1-10(16)15-12-8-14(2,9-17-3)18-13-7-5-4-6-11(12)13/h4-7,12H,8-9H2,1-3H3,(H,15,16). The minimum Gasteiger partial charge on any atom is -0.485 e. The van der Waals surface area contributed by atoms with Gasteiger partial charge >= 0.3 is 0 Å². The van der Waals surface area contributed by atoms with Crippen LogP contribution >= 0.6 is 0 Å². The monoisotopic (exact) mass is 249 g/mol. The molecule has 1 N–H and O–H groups in total. The van der Waals surface area contributed by atoms with Gasteiger partial charge in [-0.15, -0.1) is 0 Å². The molecule has 0 fully saturated rings. The maximum atomic E-state index is 11.3. The summed E-state index contributed by atoms with van der Waals surface area (Å²) in [6.07, 6.45) is 0.706. The molecule has 2 rings (SSSR count). The van der Waals surface area contributed by atoms with Crippen LogP contribution in [0.1, 0.15) is 31.9 Å². The Labute approximate surface area is 107 Å². The van der Waals surface area contributed by atoms with Crippen LogP contribution in [0, 0.1) is 0 Å². The lowest BCUT2D eigenvalue weighted by Crippen LogP contribution is -2.45. The zero-order valence-electron chi connectivity index (χ0n) is 11.0. The summed E-state index contributed by atoms with van der Waals surface area (Å²) in [5.74, 6) is 0.790. The van der Waals surface area contributed by atoms with E-state index in [2.05, 4.69) is 5.32 Å². The predicted octanol–water partition coefficient (Wildman–Crippen LogP) is 2.05. The van der Waals surface area contributed by atoms with Gasteiger partial charge in [-0.25, -0.2) is 0 Å². The van der Waals surface area contributed by atoms with Crippen molar-refractivity contribution in [2.24, 2.45) is 0 Å². The Morgan fingerprint density at radius 3 is 2.94 bits per heavy atom. The van der Waals surface area contributed by atoms with Gasteiger partial charge in [0.15, 0.2) is 0 Å². The number of fused-ring (bicyclic) bond motifs is 1. The molecule has 0 aliphatic carbocycles. The number of rotatable bonds is 3. The Morgan fingerprint density at radius 1 is 1.56 bits per heavy atom. The molecule has 0 saturated heterocycles. The Balaban J connectivity index is 2.31. The van der Waals surface area contributed by atoms with Crippen LogP contribution in [0.3, 0.4) is 0 Å². The molecule has 0 spiro atoms. The van der Waals surface area contributed by atoms with E-state index in [0.29, 0.717) is 13.0 Å². The largest absolute Gasteiger partial charge is 0.485 e. The zero-order chi connectivity index (χ0) is 13.2. The molecule has 0 radical (unpaired) electrons. The van der Waals surface area contributed by atoms with E-state index >= 15 is 0 Å². The highest BCUT2D eigenvalue weighted by Gasteiger charge is 2.37. The number of carbonyl (C=O) groups is 1. The second-order valence-electron chi connectivity index (χ2n) is 4.98. The van der Waals surface area contributed by atoms with Gasteiger partial charge in [0.1, 0.15) is 11.4 Å². The SMILES string of the molecule is COCC1(C)CC(NC(C)=O)c2ccccc2O1. The first-order valence-electron chi connectivity index (χ1n) is 6.08. The number of para-hydroxylation sites is 1. The van der Waals surface area contributed by atoms with Gasteiger partial charge in [0.25, 0.3) is 0 Å². The van der Waals surface area contributed by atoms with Crippen molar-refractivity contribution >= 4 is 5.91 Å². The van der Waals surface area contributed by atoms with Gasteiger partial charge in [-0.1, -0.05) is 18.2 Å². The number of benzene rings is 1. The first-order chi connectivity index (χ1) is 8.54. The molecule has 1 heterocycles. The molecule has 1 aromatic carbocycles. The quantitative estimate of drug-likeness (QED) is 0.892. The summed E-state index contributed by atoms with van der Waals surface area (Å²) in [5, 5.41) is 2.98. The minimum absolute atomic E-state index is 0.0207. The fourth-order valence-electron chi connectivity index (χ4n) is 2.48. The van der Waals surface area contributed by atoms with E-state index in [9.17, 15) is 4.79 Å². The summed E-state index contributed by atoms with van der Waals surface area (Å²) in [6.45, 7) is 4.03. The Hall–Kier alpha value is -1.55. The van der Waals surface area contributed by atoms with Gasteiger partial charge in [0.05, 0.1) is 12.6 Å². The van der Waals surface area contributed by atoms with E-state index < -0.39 is 5.60 Å². The topological polar surface area (TPSA) is 47.6 Å². The molecule has 0 saturated carbocycles. The second kappa shape index (κ2) is 4.98. The predicted molar refractivity (Wildman–Crippen MR) is 68.5 cm³/mol. The van der Waals surface area contributed by atoms with Crippen molar-refractivity contribution in [2.75, 3.05) is 13.7 Å². The third-order valence-corrected chi connectivity index (χ3v) is 3.11. The van der Waals surface area contributed by atoms with Gasteiger partial charge < -0.3 is 14.8 Å². The number of methoxy groups -OCH3 is 1. The third-order valence-electron chi connectivity index (χ3n) is 3.11. The lowest BCUT2D eigenvalue weighted by Gasteiger charge is -2.39. The summed E-state index contributed by atoms with van der Waals surface area (Å²) in [6, 6.07) is 7.78. The highest BCUT2D eigenvalue weighted by Crippen LogP contribution is 2.39. The van der Waals surface area contributed by atoms with Gasteiger partial charge in [-0.2, -0.15) is 0 Å². The Morgan fingerprint density at radius 2 is 2.28 bits per heavy atom. The van der Waals surface area contributed by atoms with Crippen molar-refractivity contribution in [3.8, 4) is 5.75 Å². The van der Waals surface area contributed by atoms with Gasteiger partial charge in [-0.05, 0) is 13.0 Å². The van der Waals surface area contributed by atoms with Crippen LogP contribution in [-0.4, -0.2) is 25.2 Å². The maximum absolute atomic E-state index is 11.3. The van der Waals surface area contributed by atoms with Crippen LogP contribution in [0.5, 0.6) is 5.75 Å². The molecule has 1 aliphatic heterocycles. The number of carbonyl (C=O) groups excluding carboxylic acids is 1. The molecule has 2 atom stereocenters. The van der Waals surface area contributed by atoms with Crippen molar-refractivity contribution in [3.63, 3.8) is 0 Å². The lowest BCUT2D eigenvalue weighted by molar-refractivity contribution is -0.120. The smallest absolute Gasteiger partial charge is 0.217 e. The van der Waals surface area contributed by atoms with Crippen LogP contribution in [0.4, 0.5) is 0 Å². The molecule has 1 amide bonds. The number of ether oxygens (including phenoxy) is 2. The fourth-order valence-corrected chi connectivity index (χ4v) is 2.48. The minimum atomic E-state index is -0.407. The fraction of sp³-hybridized carbons (Fsp3) is 0.500. The molecule has 98 valence electrons. The van der Waals surface area contributed by atoms with E-state index in [1.165, 1.54) is 6.92 Å². The van der Waals surface area contributed by atoms with Gasteiger partial charge in [0.2, 0.25) is 5.91 Å². The van der Waals surface area contributed by atoms with Crippen LogP contribution in [0.25, 0.3) is 0 Å². The van der Waals surface area contributed by atoms with Crippen LogP contribution < -0.4 is 10.1 Å². The van der Waals surface area contributed by atoms with E-state index in [1.807, 2.05) is 31.2 Å². The third kappa shape index (κ3) is 2.64. The first kappa shape index (κ1) is 12.9. The Kier molecular flexibility index (Phi) is 3.57. The maximum Gasteiger partial charge on any atom is 0.217 e. The average Bonchev–Trinajstić information content (AvgIpc) is 2.27. The van der Waals surface area contributed by atoms with Crippen LogP contribution in [-0.2, 0) is 9.53 Å². The van der Waals surface area contributed by atoms with Crippen molar-refractivity contribution in [1.29, 1.82) is 0 Å². The number of hydrogen-bond acceptors (Lipinski definition) is 3. The van der Waals surface area contributed by atoms with Gasteiger partial charge in [0, 0.05) is 26.0 Å². The average molecular weight is 249 g/mol. The number of hydrogen-bond donors (Lipinski definition) is 1. The molecule has 0 bridgehead atoms. The first-order valence-corrected chi connectivity index (χ1v) is 6.08. The Bertz CT molecular complexity index is 446. The molecule has 18 heavy (non-hydrogen) atoms. The summed E-state index contributed by atoms with van der Waals surface area (Å²) >= 11 is 0. The van der Waals surface area contributed by atoms with Crippen molar-refractivity contribution in [1.82, 2.24) is 5.32 Å². The van der Waals surface area contributed by atoms with Crippen molar-refractivity contribution in [2.45, 2.75) is 31.9 Å². The van der Waals surface area contributed by atoms with Crippen molar-refractivity contribution in [3.05, 3.63) is 29.8 Å². The van der Waals surface area contributed by atoms with Crippen molar-refractivity contribution < 1.29 is 14.3 Å². The van der Waals surface area contributed by atoms with E-state index in [4.69, 9.17) is 9.47 Å². The van der Waals surface area contributed by atoms with Gasteiger partial charge in [-0.3, -0.25) is 4.79 Å². The molecule has 4 heteroatoms. The summed E-state index contributed by atoms with van der Waals surface area (Å²) in [7, 11) is 1.66. The second-order valence-corrected chi connectivity index (χ2v) is 4.98. The van der Waals surface area contributed by atoms with E-state index in [-0.39, 0.29) is 11.9 Å². The molecule has 2 unspecified atom stereocenters. The highest BCUT2D eigenvalue weighted by molar-refractivity contribution is 5.73. The van der Waals surface area contributed by atoms with Crippen LogP contribution in [0.15, 0.2) is 24.3 Å². The summed E-state index contributed by atoms with van der Waals surface area (Å²) in [4.78, 5) is 11.3. The number of nitrogens with one attached hydrogen (secondary N) is 1. The number of amides is 1. The molecule has 1 aliphatic rings.